The Kier molecular flexibility index (Phi) is 29.6. The van der Waals surface area contributed by atoms with Crippen LogP contribution in [0.15, 0.2) is 155 Å². The summed E-state index contributed by atoms with van der Waals surface area (Å²) in [6, 6.07) is 18.4. The molecule has 44 heteroatoms. The van der Waals surface area contributed by atoms with Crippen molar-refractivity contribution in [2.45, 2.75) is 170 Å². The van der Waals surface area contributed by atoms with Crippen molar-refractivity contribution in [3.63, 3.8) is 0 Å². The van der Waals surface area contributed by atoms with Gasteiger partial charge in [-0.15, -0.1) is 0 Å². The van der Waals surface area contributed by atoms with Gasteiger partial charge in [-0.05, 0) is 220 Å². The molecule has 4 fully saturated rings. The van der Waals surface area contributed by atoms with E-state index in [1.54, 1.807) is 46.3 Å². The van der Waals surface area contributed by atoms with Gasteiger partial charge in [-0.3, -0.25) is 29.0 Å². The first kappa shape index (κ1) is 90.3. The Bertz CT molecular complexity index is 5700. The largest absolute Gasteiger partial charge is 0.384 e. The van der Waals surface area contributed by atoms with E-state index in [-0.39, 0.29) is 92.6 Å². The summed E-state index contributed by atoms with van der Waals surface area (Å²) in [4.78, 5) is 28.9. The van der Waals surface area contributed by atoms with E-state index in [1.165, 1.54) is 25.3 Å². The standard InChI is InChI=1S/2C20H21F2N5O2S2.2C19H21F2N5O2S2/c2*21-15-9-18(31(28,29)11-20-25-12-26-30-20)16(22)7-14(15)10-27-6-2-1-3-17(27)13-4-5-24-19(23)8-13;2*1-25-16(5-6-23-25)17-4-2-3-7-26(17)10-13-8-15(21)18(9-14(13)20)30(27,28)11-19-22-12-24-29-19/h2*4-5,7-9,12,17H,1-3,6,10-11H2,(H2,23,24);2*5-6,8-9,12,17H,2-4,7,10-11H2,1H3/t4*17-/m1010/s1. The molecule has 0 bridgehead atoms. The number of aryl methyl sites for hydroxylation is 2. The van der Waals surface area contributed by atoms with Crippen LogP contribution in [0.4, 0.5) is 46.8 Å². The first-order valence-corrected chi connectivity index (χ1v) is 48.3. The van der Waals surface area contributed by atoms with Crippen molar-refractivity contribution in [2.24, 2.45) is 14.1 Å². The third-order valence-electron chi connectivity index (χ3n) is 21.4. The van der Waals surface area contributed by atoms with Crippen LogP contribution >= 0.6 is 46.1 Å². The van der Waals surface area contributed by atoms with E-state index in [0.717, 1.165) is 207 Å². The maximum Gasteiger partial charge on any atom is 0.187 e. The van der Waals surface area contributed by atoms with Crippen LogP contribution in [0.5, 0.6) is 0 Å². The molecule has 4 saturated heterocycles. The van der Waals surface area contributed by atoms with Crippen LogP contribution in [0.2, 0.25) is 0 Å². The molecule has 0 spiro atoms. The van der Waals surface area contributed by atoms with Crippen molar-refractivity contribution in [3.8, 4) is 0 Å². The molecule has 0 unspecified atom stereocenters. The number of hydrogen-bond donors (Lipinski definition) is 2. The number of hydrogen-bond acceptors (Lipinski definition) is 30. The lowest BCUT2D eigenvalue weighted by Crippen LogP contribution is -2.34. The Morgan fingerprint density at radius 3 is 0.836 bits per heavy atom. The molecule has 0 amide bonds. The Balaban J connectivity index is 0.000000140. The van der Waals surface area contributed by atoms with Gasteiger partial charge >= 0.3 is 0 Å². The SMILES string of the molecule is Cn1nccc1[C@@H]1CCCCN1Cc1cc(F)c(S(=O)(=O)Cc2ncns2)cc1F.Cn1nccc1[C@H]1CCCCN1Cc1cc(F)c(S(=O)(=O)Cc2ncns2)cc1F.Nc1cc([C@@H]2CCCCN2Cc2cc(F)c(S(=O)(=O)Cc3ncns3)cc2F)ccn1.Nc1cc([C@H]2CCCCN2Cc2cc(F)c(S(=O)(=O)Cc3ncns3)cc2F)ccn1. The number of rotatable bonds is 24. The first-order valence-electron chi connectivity index (χ1n) is 38.6. The molecule has 8 aromatic heterocycles. The van der Waals surface area contributed by atoms with Crippen molar-refractivity contribution >= 4 is 97.1 Å². The van der Waals surface area contributed by atoms with Gasteiger partial charge in [0.1, 0.15) is 146 Å². The second-order valence-corrected chi connectivity index (χ2v) is 40.9. The van der Waals surface area contributed by atoms with Gasteiger partial charge in [-0.25, -0.2) is 98.7 Å². The predicted molar refractivity (Wildman–Crippen MR) is 440 cm³/mol. The minimum Gasteiger partial charge on any atom is -0.384 e. The smallest absolute Gasteiger partial charge is 0.187 e. The van der Waals surface area contributed by atoms with Gasteiger partial charge in [-0.1, -0.05) is 25.7 Å². The lowest BCUT2D eigenvalue weighted by atomic mass is 9.95. The zero-order valence-electron chi connectivity index (χ0n) is 65.7. The van der Waals surface area contributed by atoms with Gasteiger partial charge in [-0.2, -0.15) is 27.7 Å². The highest BCUT2D eigenvalue weighted by molar-refractivity contribution is 7.91. The minimum atomic E-state index is -4.09. The highest BCUT2D eigenvalue weighted by Gasteiger charge is 2.35. The second kappa shape index (κ2) is 40.0. The molecule has 4 N–H and O–H groups in total. The zero-order valence-corrected chi connectivity index (χ0v) is 72.3. The Labute approximate surface area is 715 Å². The number of benzene rings is 4. The van der Waals surface area contributed by atoms with Gasteiger partial charge < -0.3 is 11.5 Å². The molecule has 16 rings (SSSR count). The van der Waals surface area contributed by atoms with Gasteiger partial charge in [0.25, 0.3) is 0 Å². The number of nitrogens with two attached hydrogens (primary N) is 2. The topological polar surface area (TPSA) is 366 Å². The van der Waals surface area contributed by atoms with Gasteiger partial charge in [0, 0.05) is 99.4 Å². The number of anilines is 2. The summed E-state index contributed by atoms with van der Waals surface area (Å²) in [6.07, 6.45) is 23.1. The third-order valence-corrected chi connectivity index (χ3v) is 31.3. The predicted octanol–water partition coefficient (Wildman–Crippen LogP) is 13.5. The van der Waals surface area contributed by atoms with Crippen LogP contribution in [0.25, 0.3) is 0 Å². The molecule has 12 aromatic rings. The molecular weight excluding hydrogens is 1750 g/mol. The molecular formula is C78H84F8N20O8S8. The molecule has 0 saturated carbocycles. The third kappa shape index (κ3) is 22.5. The Hall–Kier alpha value is -9.48. The highest BCUT2D eigenvalue weighted by Crippen LogP contribution is 2.40. The van der Waals surface area contributed by atoms with Crippen molar-refractivity contribution in [3.05, 3.63) is 246 Å². The minimum absolute atomic E-state index is 0.00215. The summed E-state index contributed by atoms with van der Waals surface area (Å²) >= 11 is 3.63. The summed E-state index contributed by atoms with van der Waals surface area (Å²) in [5.41, 5.74) is 16.1. The number of nitrogens with zero attached hydrogens (tertiary/aromatic N) is 18. The molecule has 4 aliphatic heterocycles. The molecule has 4 aliphatic rings. The number of piperidine rings is 4. The van der Waals surface area contributed by atoms with E-state index in [4.69, 9.17) is 11.5 Å². The van der Waals surface area contributed by atoms with Crippen molar-refractivity contribution < 1.29 is 68.8 Å². The zero-order chi connectivity index (χ0) is 86.6. The molecule has 0 aliphatic carbocycles. The van der Waals surface area contributed by atoms with E-state index in [1.807, 2.05) is 38.4 Å². The number of nitrogen functional groups attached to an aromatic ring is 2. The number of halogens is 8. The van der Waals surface area contributed by atoms with Crippen LogP contribution < -0.4 is 11.5 Å². The number of likely N-dealkylation sites (tertiary alicyclic amines) is 4. The Morgan fingerprint density at radius 2 is 0.598 bits per heavy atom. The first-order chi connectivity index (χ1) is 58.4. The van der Waals surface area contributed by atoms with Crippen LogP contribution in [0, 0.1) is 46.5 Å². The fourth-order valence-corrected chi connectivity index (χ4v) is 24.2. The fourth-order valence-electron chi connectivity index (χ4n) is 15.5. The van der Waals surface area contributed by atoms with Crippen molar-refractivity contribution in [1.82, 2.24) is 86.6 Å². The van der Waals surface area contributed by atoms with E-state index < -0.39 is 128 Å². The molecule has 4 aromatic carbocycles. The molecule has 648 valence electrons. The van der Waals surface area contributed by atoms with Crippen molar-refractivity contribution in [2.75, 3.05) is 37.6 Å². The van der Waals surface area contributed by atoms with Gasteiger partial charge in [0.15, 0.2) is 39.3 Å². The van der Waals surface area contributed by atoms with Crippen LogP contribution in [-0.4, -0.2) is 146 Å². The molecule has 122 heavy (non-hydrogen) atoms. The molecule has 0 radical (unpaired) electrons. The van der Waals surface area contributed by atoms with Crippen molar-refractivity contribution in [1.29, 1.82) is 0 Å². The lowest BCUT2D eigenvalue weighted by Gasteiger charge is -2.36. The summed E-state index contributed by atoms with van der Waals surface area (Å²) < 4.78 is 237. The fraction of sp³-hybridized carbons (Fsp3) is 0.385. The second-order valence-electron chi connectivity index (χ2n) is 29.6. The van der Waals surface area contributed by atoms with Gasteiger partial charge in [0.05, 0.1) is 23.5 Å². The molecule has 28 nitrogen and oxygen atoms in total. The van der Waals surface area contributed by atoms with Crippen LogP contribution in [0.1, 0.15) is 166 Å². The van der Waals surface area contributed by atoms with E-state index in [2.05, 4.69) is 77.2 Å². The monoisotopic (exact) mass is 1840 g/mol. The molecule has 12 heterocycles. The summed E-state index contributed by atoms with van der Waals surface area (Å²) in [5, 5.41) is 9.32. The summed E-state index contributed by atoms with van der Waals surface area (Å²) in [6.45, 7) is 3.61. The summed E-state index contributed by atoms with van der Waals surface area (Å²) in [7, 11) is -12.6. The van der Waals surface area contributed by atoms with Crippen LogP contribution in [0.3, 0.4) is 0 Å². The lowest BCUT2D eigenvalue weighted by molar-refractivity contribution is 0.132. The average Bonchev–Trinajstić information content (AvgIpc) is 0.932. The van der Waals surface area contributed by atoms with E-state index >= 15 is 0 Å². The maximum atomic E-state index is 14.9. The maximum absolute atomic E-state index is 14.9. The average molecular weight is 1840 g/mol. The summed E-state index contributed by atoms with van der Waals surface area (Å²) in [5.74, 6) is -8.08. The normalized spacial score (nSPS) is 17.9. The van der Waals surface area contributed by atoms with E-state index in [9.17, 15) is 68.8 Å². The highest BCUT2D eigenvalue weighted by atomic mass is 32.2. The molecule has 4 atom stereocenters. The number of pyridine rings is 2. The number of sulfone groups is 4. The van der Waals surface area contributed by atoms with Crippen LogP contribution in [-0.2, 0) is 103 Å². The number of aromatic nitrogens is 14. The quantitative estimate of drug-likeness (QED) is 0.0531. The van der Waals surface area contributed by atoms with E-state index in [0.29, 0.717) is 24.7 Å². The van der Waals surface area contributed by atoms with Gasteiger partial charge in [0.2, 0.25) is 0 Å². The Morgan fingerprint density at radius 1 is 0.336 bits per heavy atom.